The normalized spacial score (nSPS) is 10.3. The van der Waals surface area contributed by atoms with Crippen molar-refractivity contribution in [2.45, 2.75) is 20.4 Å². The van der Waals surface area contributed by atoms with E-state index in [2.05, 4.69) is 10.3 Å². The minimum absolute atomic E-state index is 0.184. The second-order valence-electron chi connectivity index (χ2n) is 4.27. The maximum absolute atomic E-state index is 9.67. The lowest BCUT2D eigenvalue weighted by atomic mass is 10.2. The van der Waals surface area contributed by atoms with E-state index in [4.69, 9.17) is 0 Å². The molecule has 94 valence electrons. The molecule has 0 fully saturated rings. The molecule has 0 saturated carbocycles. The number of aromatic nitrogens is 1. The first-order chi connectivity index (χ1) is 8.56. The number of phenolic OH excluding ortho intramolecular Hbond substituents is 1. The zero-order valence-electron chi connectivity index (χ0n) is 10.4. The number of phenols is 1. The lowest BCUT2D eigenvalue weighted by Gasteiger charge is -2.09. The molecule has 0 aliphatic heterocycles. The Kier molecular flexibility index (Phi) is 3.37. The van der Waals surface area contributed by atoms with E-state index in [9.17, 15) is 10.2 Å². The van der Waals surface area contributed by atoms with Gasteiger partial charge in [0.15, 0.2) is 0 Å². The van der Waals surface area contributed by atoms with E-state index in [1.807, 2.05) is 19.9 Å². The summed E-state index contributed by atoms with van der Waals surface area (Å²) >= 11 is 0. The van der Waals surface area contributed by atoms with Crippen molar-refractivity contribution in [3.8, 4) is 11.5 Å². The minimum atomic E-state index is 0.184. The summed E-state index contributed by atoms with van der Waals surface area (Å²) in [6.07, 6.45) is 0. The SMILES string of the molecule is Cc1ccc(O)c(CNc2ccc(O)c(C)c2)n1. The van der Waals surface area contributed by atoms with Gasteiger partial charge in [0.05, 0.1) is 6.54 Å². The fourth-order valence-corrected chi connectivity index (χ4v) is 1.68. The van der Waals surface area contributed by atoms with Crippen molar-refractivity contribution >= 4 is 5.69 Å². The molecule has 0 atom stereocenters. The van der Waals surface area contributed by atoms with E-state index < -0.39 is 0 Å². The highest BCUT2D eigenvalue weighted by Gasteiger charge is 2.04. The second kappa shape index (κ2) is 4.96. The van der Waals surface area contributed by atoms with Gasteiger partial charge in [0.1, 0.15) is 17.2 Å². The third-order valence-corrected chi connectivity index (χ3v) is 2.75. The molecule has 1 aromatic heterocycles. The monoisotopic (exact) mass is 244 g/mol. The molecule has 1 aromatic carbocycles. The molecule has 18 heavy (non-hydrogen) atoms. The molecule has 2 aromatic rings. The average molecular weight is 244 g/mol. The van der Waals surface area contributed by atoms with Crippen LogP contribution in [0.25, 0.3) is 0 Å². The van der Waals surface area contributed by atoms with Crippen LogP contribution in [0.2, 0.25) is 0 Å². The lowest BCUT2D eigenvalue weighted by Crippen LogP contribution is -2.03. The van der Waals surface area contributed by atoms with E-state index in [-0.39, 0.29) is 11.5 Å². The molecule has 1 heterocycles. The summed E-state index contributed by atoms with van der Waals surface area (Å²) in [5, 5.41) is 22.3. The van der Waals surface area contributed by atoms with Crippen LogP contribution < -0.4 is 5.32 Å². The fraction of sp³-hybridized carbons (Fsp3) is 0.214. The Morgan fingerprint density at radius 2 is 1.78 bits per heavy atom. The molecule has 0 aliphatic rings. The van der Waals surface area contributed by atoms with Crippen LogP contribution in [-0.2, 0) is 6.54 Å². The summed E-state index contributed by atoms with van der Waals surface area (Å²) in [5.74, 6) is 0.459. The molecule has 4 heteroatoms. The van der Waals surface area contributed by atoms with Crippen molar-refractivity contribution in [3.63, 3.8) is 0 Å². The molecule has 3 N–H and O–H groups in total. The van der Waals surface area contributed by atoms with Gasteiger partial charge in [-0.3, -0.25) is 4.98 Å². The maximum Gasteiger partial charge on any atom is 0.138 e. The molecule has 4 nitrogen and oxygen atoms in total. The first-order valence-electron chi connectivity index (χ1n) is 5.75. The highest BCUT2D eigenvalue weighted by Crippen LogP contribution is 2.21. The van der Waals surface area contributed by atoms with Crippen LogP contribution in [-0.4, -0.2) is 15.2 Å². The van der Waals surface area contributed by atoms with E-state index in [1.54, 1.807) is 24.3 Å². The number of hydrogen-bond donors (Lipinski definition) is 3. The predicted molar refractivity (Wildman–Crippen MR) is 70.8 cm³/mol. The molecular formula is C14H16N2O2. The Bertz CT molecular complexity index is 568. The summed E-state index contributed by atoms with van der Waals surface area (Å²) in [6, 6.07) is 8.68. The highest BCUT2D eigenvalue weighted by molar-refractivity contribution is 5.50. The van der Waals surface area contributed by atoms with Crippen molar-refractivity contribution in [2.75, 3.05) is 5.32 Å². The van der Waals surface area contributed by atoms with Crippen molar-refractivity contribution in [1.82, 2.24) is 4.98 Å². The fourth-order valence-electron chi connectivity index (χ4n) is 1.68. The third kappa shape index (κ3) is 2.71. The summed E-state index contributed by atoms with van der Waals surface area (Å²) < 4.78 is 0. The van der Waals surface area contributed by atoms with E-state index in [0.717, 1.165) is 16.9 Å². The minimum Gasteiger partial charge on any atom is -0.508 e. The summed E-state index contributed by atoms with van der Waals surface area (Å²) in [7, 11) is 0. The van der Waals surface area contributed by atoms with Gasteiger partial charge in [-0.05, 0) is 49.7 Å². The third-order valence-electron chi connectivity index (χ3n) is 2.75. The van der Waals surface area contributed by atoms with Gasteiger partial charge in [-0.15, -0.1) is 0 Å². The Morgan fingerprint density at radius 3 is 2.50 bits per heavy atom. The van der Waals surface area contributed by atoms with E-state index in [1.165, 1.54) is 0 Å². The Labute approximate surface area is 106 Å². The van der Waals surface area contributed by atoms with Gasteiger partial charge in [-0.2, -0.15) is 0 Å². The molecule has 0 aliphatic carbocycles. The van der Waals surface area contributed by atoms with Gasteiger partial charge < -0.3 is 15.5 Å². The predicted octanol–water partition coefficient (Wildman–Crippen LogP) is 2.72. The summed E-state index contributed by atoms with van der Waals surface area (Å²) in [5.41, 5.74) is 3.17. The van der Waals surface area contributed by atoms with E-state index in [0.29, 0.717) is 12.2 Å². The smallest absolute Gasteiger partial charge is 0.138 e. The van der Waals surface area contributed by atoms with Crippen molar-refractivity contribution in [3.05, 3.63) is 47.3 Å². The van der Waals surface area contributed by atoms with Crippen molar-refractivity contribution in [2.24, 2.45) is 0 Å². The Balaban J connectivity index is 2.11. The van der Waals surface area contributed by atoms with E-state index >= 15 is 0 Å². The number of aryl methyl sites for hydroxylation is 2. The zero-order chi connectivity index (χ0) is 13.1. The van der Waals surface area contributed by atoms with Crippen LogP contribution in [0.5, 0.6) is 11.5 Å². The molecule has 0 bridgehead atoms. The number of hydrogen-bond acceptors (Lipinski definition) is 4. The van der Waals surface area contributed by atoms with Gasteiger partial charge in [0.2, 0.25) is 0 Å². The second-order valence-corrected chi connectivity index (χ2v) is 4.27. The zero-order valence-corrected chi connectivity index (χ0v) is 10.4. The van der Waals surface area contributed by atoms with Crippen LogP contribution in [0.1, 0.15) is 17.0 Å². The molecule has 2 rings (SSSR count). The number of nitrogens with one attached hydrogen (secondary N) is 1. The highest BCUT2D eigenvalue weighted by atomic mass is 16.3. The summed E-state index contributed by atoms with van der Waals surface area (Å²) in [4.78, 5) is 4.27. The lowest BCUT2D eigenvalue weighted by molar-refractivity contribution is 0.464. The number of rotatable bonds is 3. The first-order valence-corrected chi connectivity index (χ1v) is 5.75. The molecule has 0 spiro atoms. The Morgan fingerprint density at radius 1 is 1.06 bits per heavy atom. The van der Waals surface area contributed by atoms with Gasteiger partial charge in [0, 0.05) is 11.4 Å². The number of pyridine rings is 1. The van der Waals surface area contributed by atoms with Gasteiger partial charge in [-0.25, -0.2) is 0 Å². The Hall–Kier alpha value is -2.23. The van der Waals surface area contributed by atoms with Crippen molar-refractivity contribution in [1.29, 1.82) is 0 Å². The van der Waals surface area contributed by atoms with Crippen LogP contribution in [0, 0.1) is 13.8 Å². The van der Waals surface area contributed by atoms with Gasteiger partial charge in [-0.1, -0.05) is 0 Å². The quantitative estimate of drug-likeness (QED) is 0.726. The van der Waals surface area contributed by atoms with Crippen LogP contribution in [0.15, 0.2) is 30.3 Å². The number of nitrogens with zero attached hydrogens (tertiary/aromatic N) is 1. The number of benzene rings is 1. The largest absolute Gasteiger partial charge is 0.508 e. The first kappa shape index (κ1) is 12.2. The average Bonchev–Trinajstić information content (AvgIpc) is 2.34. The van der Waals surface area contributed by atoms with Crippen LogP contribution in [0.3, 0.4) is 0 Å². The molecule has 0 saturated heterocycles. The number of aromatic hydroxyl groups is 2. The van der Waals surface area contributed by atoms with Gasteiger partial charge >= 0.3 is 0 Å². The molecule has 0 amide bonds. The molecule has 0 unspecified atom stereocenters. The van der Waals surface area contributed by atoms with Crippen LogP contribution in [0.4, 0.5) is 5.69 Å². The standard InChI is InChI=1S/C14H16N2O2/c1-9-7-11(4-6-13(9)17)15-8-12-14(18)5-3-10(2)16-12/h3-7,15,17-18H,8H2,1-2H3. The van der Waals surface area contributed by atoms with Crippen molar-refractivity contribution < 1.29 is 10.2 Å². The number of anilines is 1. The molecule has 0 radical (unpaired) electrons. The summed E-state index contributed by atoms with van der Waals surface area (Å²) in [6.45, 7) is 4.16. The van der Waals surface area contributed by atoms with Crippen LogP contribution >= 0.6 is 0 Å². The topological polar surface area (TPSA) is 65.4 Å². The van der Waals surface area contributed by atoms with Gasteiger partial charge in [0.25, 0.3) is 0 Å². The maximum atomic E-state index is 9.67. The molecular weight excluding hydrogens is 228 g/mol.